The van der Waals surface area contributed by atoms with Gasteiger partial charge < -0.3 is 10.0 Å². The molecule has 1 unspecified atom stereocenters. The second kappa shape index (κ2) is 8.25. The minimum atomic E-state index is -0.808. The standard InChI is InChI=1S/C15H28N2O3/c1-12(2)17(10-13(3)15(19)20)11-14(18)16-8-6-4-5-7-9-16/h12-13H,4-11H2,1-3H3,(H,19,20). The van der Waals surface area contributed by atoms with Crippen molar-refractivity contribution in [1.82, 2.24) is 9.80 Å². The van der Waals surface area contributed by atoms with Crippen LogP contribution in [0.3, 0.4) is 0 Å². The van der Waals surface area contributed by atoms with E-state index in [-0.39, 0.29) is 11.9 Å². The Morgan fingerprint density at radius 3 is 2.10 bits per heavy atom. The first-order valence-corrected chi connectivity index (χ1v) is 7.66. The number of carbonyl (C=O) groups is 2. The molecule has 1 N–H and O–H groups in total. The lowest BCUT2D eigenvalue weighted by Crippen LogP contribution is -2.45. The van der Waals surface area contributed by atoms with Crippen LogP contribution < -0.4 is 0 Å². The van der Waals surface area contributed by atoms with Crippen LogP contribution in [0.2, 0.25) is 0 Å². The first kappa shape index (κ1) is 17.0. The van der Waals surface area contributed by atoms with Crippen molar-refractivity contribution >= 4 is 11.9 Å². The molecule has 0 radical (unpaired) electrons. The van der Waals surface area contributed by atoms with Crippen LogP contribution in [0.1, 0.15) is 46.5 Å². The van der Waals surface area contributed by atoms with E-state index >= 15 is 0 Å². The van der Waals surface area contributed by atoms with Crippen LogP contribution in [0.15, 0.2) is 0 Å². The summed E-state index contributed by atoms with van der Waals surface area (Å²) in [5, 5.41) is 9.01. The van der Waals surface area contributed by atoms with Gasteiger partial charge in [0, 0.05) is 25.7 Å². The number of aliphatic carboxylic acids is 1. The number of nitrogens with zero attached hydrogens (tertiary/aromatic N) is 2. The average molecular weight is 284 g/mol. The number of hydrogen-bond acceptors (Lipinski definition) is 3. The zero-order chi connectivity index (χ0) is 15.1. The molecule has 0 aromatic heterocycles. The lowest BCUT2D eigenvalue weighted by molar-refractivity contribution is -0.143. The van der Waals surface area contributed by atoms with Crippen LogP contribution in [0, 0.1) is 5.92 Å². The number of carbonyl (C=O) groups excluding carboxylic acids is 1. The van der Waals surface area contributed by atoms with Gasteiger partial charge in [-0.05, 0) is 26.7 Å². The number of hydrogen-bond donors (Lipinski definition) is 1. The van der Waals surface area contributed by atoms with Crippen LogP contribution in [-0.2, 0) is 9.59 Å². The molecular formula is C15H28N2O3. The fraction of sp³-hybridized carbons (Fsp3) is 0.867. The van der Waals surface area contributed by atoms with Gasteiger partial charge in [-0.2, -0.15) is 0 Å². The van der Waals surface area contributed by atoms with E-state index < -0.39 is 11.9 Å². The van der Waals surface area contributed by atoms with Crippen molar-refractivity contribution in [3.8, 4) is 0 Å². The third-order valence-corrected chi connectivity index (χ3v) is 3.96. The van der Waals surface area contributed by atoms with E-state index in [1.165, 1.54) is 12.8 Å². The summed E-state index contributed by atoms with van der Waals surface area (Å²) in [6.45, 7) is 8.14. The highest BCUT2D eigenvalue weighted by atomic mass is 16.4. The van der Waals surface area contributed by atoms with Gasteiger partial charge in [0.2, 0.25) is 5.91 Å². The Morgan fingerprint density at radius 1 is 1.10 bits per heavy atom. The van der Waals surface area contributed by atoms with Crippen LogP contribution >= 0.6 is 0 Å². The average Bonchev–Trinajstić information content (AvgIpc) is 2.66. The molecule has 0 spiro atoms. The summed E-state index contributed by atoms with van der Waals surface area (Å²) in [6, 6.07) is 0.174. The second-order valence-electron chi connectivity index (χ2n) is 6.06. The highest BCUT2D eigenvalue weighted by molar-refractivity contribution is 5.78. The van der Waals surface area contributed by atoms with E-state index in [4.69, 9.17) is 5.11 Å². The van der Waals surface area contributed by atoms with Crippen molar-refractivity contribution in [1.29, 1.82) is 0 Å². The summed E-state index contributed by atoms with van der Waals surface area (Å²) in [4.78, 5) is 27.2. The number of rotatable bonds is 6. The fourth-order valence-electron chi connectivity index (χ4n) is 2.48. The normalized spacial score (nSPS) is 18.1. The predicted octanol–water partition coefficient (Wildman–Crippen LogP) is 1.82. The van der Waals surface area contributed by atoms with Gasteiger partial charge in [0.15, 0.2) is 0 Å². The molecule has 5 nitrogen and oxygen atoms in total. The third kappa shape index (κ3) is 5.49. The second-order valence-corrected chi connectivity index (χ2v) is 6.06. The van der Waals surface area contributed by atoms with Crippen molar-refractivity contribution < 1.29 is 14.7 Å². The maximum atomic E-state index is 12.4. The van der Waals surface area contributed by atoms with Crippen molar-refractivity contribution in [3.63, 3.8) is 0 Å². The highest BCUT2D eigenvalue weighted by Crippen LogP contribution is 2.11. The Balaban J connectivity index is 2.55. The summed E-state index contributed by atoms with van der Waals surface area (Å²) in [5.74, 6) is -1.12. The van der Waals surface area contributed by atoms with Crippen molar-refractivity contribution in [3.05, 3.63) is 0 Å². The SMILES string of the molecule is CC(CN(CC(=O)N1CCCCCC1)C(C)C)C(=O)O. The minimum absolute atomic E-state index is 0.137. The quantitative estimate of drug-likeness (QED) is 0.808. The van der Waals surface area contributed by atoms with Gasteiger partial charge in [-0.3, -0.25) is 14.5 Å². The molecule has 0 bridgehead atoms. The Labute approximate surface area is 121 Å². The Hall–Kier alpha value is -1.10. The van der Waals surface area contributed by atoms with Gasteiger partial charge in [0.25, 0.3) is 0 Å². The molecule has 1 atom stereocenters. The third-order valence-electron chi connectivity index (χ3n) is 3.96. The van der Waals surface area contributed by atoms with E-state index in [9.17, 15) is 9.59 Å². The number of carboxylic acid groups (broad SMARTS) is 1. The maximum Gasteiger partial charge on any atom is 0.307 e. The van der Waals surface area contributed by atoms with Gasteiger partial charge in [0.1, 0.15) is 0 Å². The van der Waals surface area contributed by atoms with E-state index in [1.54, 1.807) is 6.92 Å². The topological polar surface area (TPSA) is 60.9 Å². The Morgan fingerprint density at radius 2 is 1.65 bits per heavy atom. The van der Waals surface area contributed by atoms with Crippen molar-refractivity contribution in [2.24, 2.45) is 5.92 Å². The molecule has 1 saturated heterocycles. The molecule has 1 aliphatic rings. The van der Waals surface area contributed by atoms with E-state index in [1.807, 2.05) is 23.6 Å². The molecule has 5 heteroatoms. The molecule has 116 valence electrons. The van der Waals surface area contributed by atoms with E-state index in [2.05, 4.69) is 0 Å². The molecular weight excluding hydrogens is 256 g/mol. The van der Waals surface area contributed by atoms with Crippen LogP contribution in [-0.4, -0.2) is 59.0 Å². The number of carboxylic acids is 1. The Kier molecular flexibility index (Phi) is 6.99. The molecule has 20 heavy (non-hydrogen) atoms. The zero-order valence-electron chi connectivity index (χ0n) is 13.0. The molecule has 0 aromatic carbocycles. The fourth-order valence-corrected chi connectivity index (χ4v) is 2.48. The minimum Gasteiger partial charge on any atom is -0.481 e. The number of likely N-dealkylation sites (tertiary alicyclic amines) is 1. The summed E-state index contributed by atoms with van der Waals surface area (Å²) >= 11 is 0. The van der Waals surface area contributed by atoms with E-state index in [0.717, 1.165) is 25.9 Å². The molecule has 0 aliphatic carbocycles. The van der Waals surface area contributed by atoms with Gasteiger partial charge >= 0.3 is 5.97 Å². The van der Waals surface area contributed by atoms with Crippen molar-refractivity contribution in [2.75, 3.05) is 26.2 Å². The van der Waals surface area contributed by atoms with Crippen LogP contribution in [0.4, 0.5) is 0 Å². The smallest absolute Gasteiger partial charge is 0.307 e. The molecule has 1 amide bonds. The molecule has 1 rings (SSSR count). The summed E-state index contributed by atoms with van der Waals surface area (Å²) in [5.41, 5.74) is 0. The lowest BCUT2D eigenvalue weighted by atomic mass is 10.1. The molecule has 1 aliphatic heterocycles. The molecule has 1 fully saturated rings. The van der Waals surface area contributed by atoms with Crippen LogP contribution in [0.25, 0.3) is 0 Å². The first-order chi connectivity index (χ1) is 9.41. The number of amides is 1. The van der Waals surface area contributed by atoms with Crippen LogP contribution in [0.5, 0.6) is 0 Å². The summed E-state index contributed by atoms with van der Waals surface area (Å²) < 4.78 is 0. The Bertz CT molecular complexity index is 323. The van der Waals surface area contributed by atoms with Gasteiger partial charge in [-0.1, -0.05) is 19.8 Å². The molecule has 0 aromatic rings. The summed E-state index contributed by atoms with van der Waals surface area (Å²) in [7, 11) is 0. The zero-order valence-corrected chi connectivity index (χ0v) is 13.0. The largest absolute Gasteiger partial charge is 0.481 e. The lowest BCUT2D eigenvalue weighted by Gasteiger charge is -2.30. The summed E-state index contributed by atoms with van der Waals surface area (Å²) in [6.07, 6.45) is 4.57. The van der Waals surface area contributed by atoms with Crippen molar-refractivity contribution in [2.45, 2.75) is 52.5 Å². The highest BCUT2D eigenvalue weighted by Gasteiger charge is 2.23. The first-order valence-electron chi connectivity index (χ1n) is 7.66. The van der Waals surface area contributed by atoms with Gasteiger partial charge in [-0.15, -0.1) is 0 Å². The maximum absolute atomic E-state index is 12.4. The van der Waals surface area contributed by atoms with Gasteiger partial charge in [-0.25, -0.2) is 0 Å². The predicted molar refractivity (Wildman–Crippen MR) is 78.6 cm³/mol. The monoisotopic (exact) mass is 284 g/mol. The molecule has 0 saturated carbocycles. The molecule has 1 heterocycles. The van der Waals surface area contributed by atoms with E-state index in [0.29, 0.717) is 13.1 Å². The van der Waals surface area contributed by atoms with Gasteiger partial charge in [0.05, 0.1) is 12.5 Å².